The van der Waals surface area contributed by atoms with Crippen LogP contribution in [0.4, 0.5) is 0 Å². The molecule has 0 aromatic heterocycles. The van der Waals surface area contributed by atoms with Gasteiger partial charge in [0.25, 0.3) is 6.47 Å². The van der Waals surface area contributed by atoms with E-state index in [4.69, 9.17) is 14.6 Å². The van der Waals surface area contributed by atoms with Crippen molar-refractivity contribution in [2.24, 2.45) is 11.8 Å². The van der Waals surface area contributed by atoms with Gasteiger partial charge < -0.3 is 15.2 Å². The van der Waals surface area contributed by atoms with Crippen molar-refractivity contribution >= 4 is 12.4 Å². The van der Waals surface area contributed by atoms with Gasteiger partial charge in [-0.1, -0.05) is 42.5 Å². The first kappa shape index (κ1) is 23.5. The highest BCUT2D eigenvalue weighted by Gasteiger charge is 2.62. The van der Waals surface area contributed by atoms with E-state index in [9.17, 15) is 4.79 Å². The molecular formula is C25H36N2O4. The van der Waals surface area contributed by atoms with E-state index in [1.165, 1.54) is 12.0 Å². The fourth-order valence-corrected chi connectivity index (χ4v) is 5.53. The number of carboxylic acid groups (broad SMARTS) is 1. The number of hydrogen-bond acceptors (Lipinski definition) is 4. The predicted octanol–water partition coefficient (Wildman–Crippen LogP) is 3.27. The number of rotatable bonds is 9. The number of carbonyl (C=O) groups is 2. The van der Waals surface area contributed by atoms with Gasteiger partial charge in [-0.25, -0.2) is 0 Å². The number of allylic oxidation sites excluding steroid dienone is 2. The topological polar surface area (TPSA) is 78.9 Å². The van der Waals surface area contributed by atoms with E-state index >= 15 is 0 Å². The summed E-state index contributed by atoms with van der Waals surface area (Å²) in [5, 5.41) is 10.1. The smallest absolute Gasteiger partial charge is 0.290 e. The van der Waals surface area contributed by atoms with Crippen LogP contribution in [0.3, 0.4) is 0 Å². The van der Waals surface area contributed by atoms with Gasteiger partial charge in [-0.15, -0.1) is 0 Å². The number of benzene rings is 1. The number of nitrogens with zero attached hydrogens (tertiary/aromatic N) is 1. The van der Waals surface area contributed by atoms with Gasteiger partial charge in [0.1, 0.15) is 0 Å². The Bertz CT molecular complexity index is 738. The van der Waals surface area contributed by atoms with Crippen LogP contribution in [0.15, 0.2) is 42.5 Å². The van der Waals surface area contributed by atoms with Crippen LogP contribution in [0.1, 0.15) is 44.6 Å². The maximum atomic E-state index is 12.2. The molecule has 1 spiro atoms. The summed E-state index contributed by atoms with van der Waals surface area (Å²) in [5.41, 5.74) is 1.46. The molecule has 6 nitrogen and oxygen atoms in total. The zero-order valence-electron chi connectivity index (χ0n) is 18.5. The van der Waals surface area contributed by atoms with Crippen molar-refractivity contribution in [3.63, 3.8) is 0 Å². The molecule has 3 aliphatic heterocycles. The number of carbonyl (C=O) groups excluding carboxylic acids is 1. The lowest BCUT2D eigenvalue weighted by Crippen LogP contribution is -2.41. The van der Waals surface area contributed by atoms with Crippen LogP contribution in [0.25, 0.3) is 0 Å². The molecule has 1 aromatic rings. The molecule has 2 bridgehead atoms. The average Bonchev–Trinajstić information content (AvgIpc) is 3.43. The van der Waals surface area contributed by atoms with E-state index in [0.29, 0.717) is 24.4 Å². The average molecular weight is 429 g/mol. The summed E-state index contributed by atoms with van der Waals surface area (Å²) in [4.78, 5) is 23.1. The molecule has 0 aliphatic carbocycles. The lowest BCUT2D eigenvalue weighted by atomic mass is 9.73. The Morgan fingerprint density at radius 1 is 1.35 bits per heavy atom. The Morgan fingerprint density at radius 3 is 2.87 bits per heavy atom. The number of amides is 1. The summed E-state index contributed by atoms with van der Waals surface area (Å²) in [7, 11) is 0. The summed E-state index contributed by atoms with van der Waals surface area (Å²) >= 11 is 0. The van der Waals surface area contributed by atoms with E-state index in [0.717, 1.165) is 51.9 Å². The summed E-state index contributed by atoms with van der Waals surface area (Å²) < 4.78 is 6.52. The fourth-order valence-electron chi connectivity index (χ4n) is 5.53. The lowest BCUT2D eigenvalue weighted by molar-refractivity contribution is -0.123. The first-order valence-electron chi connectivity index (χ1n) is 11.5. The van der Waals surface area contributed by atoms with Crippen LogP contribution in [0.5, 0.6) is 0 Å². The Balaban J connectivity index is 0.000000858. The van der Waals surface area contributed by atoms with Gasteiger partial charge in [0.05, 0.1) is 11.7 Å². The van der Waals surface area contributed by atoms with Gasteiger partial charge >= 0.3 is 0 Å². The third kappa shape index (κ3) is 5.95. The first-order chi connectivity index (χ1) is 15.1. The molecular weight excluding hydrogens is 392 g/mol. The second-order valence-electron chi connectivity index (χ2n) is 8.87. The molecule has 3 fully saturated rings. The maximum absolute atomic E-state index is 12.2. The van der Waals surface area contributed by atoms with E-state index in [1.807, 2.05) is 13.0 Å². The van der Waals surface area contributed by atoms with Crippen molar-refractivity contribution in [2.45, 2.75) is 57.2 Å². The predicted molar refractivity (Wildman–Crippen MR) is 121 cm³/mol. The molecule has 2 N–H and O–H groups in total. The third-order valence-electron chi connectivity index (χ3n) is 6.96. The highest BCUT2D eigenvalue weighted by atomic mass is 16.5. The maximum Gasteiger partial charge on any atom is 0.290 e. The fraction of sp³-hybridized carbons (Fsp3) is 0.600. The number of ether oxygens (including phenoxy) is 1. The molecule has 1 amide bonds. The second-order valence-corrected chi connectivity index (χ2v) is 8.87. The Labute approximate surface area is 185 Å². The SMILES string of the molecule is CC=CCCCC(=O)NC[C@H]1[C@H]2CN(CCc3ccccc3)C[C@]23CC[C@H]1O3.O=CO. The zero-order chi connectivity index (χ0) is 22.1. The molecule has 3 saturated heterocycles. The van der Waals surface area contributed by atoms with E-state index in [2.05, 4.69) is 46.6 Å². The monoisotopic (exact) mass is 428 g/mol. The van der Waals surface area contributed by atoms with Gasteiger partial charge in [0, 0.05) is 44.4 Å². The molecule has 6 heteroatoms. The van der Waals surface area contributed by atoms with Crippen molar-refractivity contribution < 1.29 is 19.4 Å². The Kier molecular flexibility index (Phi) is 8.67. The lowest BCUT2D eigenvalue weighted by Gasteiger charge is -2.29. The number of nitrogens with one attached hydrogen (secondary N) is 1. The molecule has 4 atom stereocenters. The third-order valence-corrected chi connectivity index (χ3v) is 6.96. The van der Waals surface area contributed by atoms with Crippen LogP contribution < -0.4 is 5.32 Å². The minimum Gasteiger partial charge on any atom is -0.483 e. The molecule has 3 heterocycles. The van der Waals surface area contributed by atoms with Crippen LogP contribution in [-0.2, 0) is 20.7 Å². The molecule has 31 heavy (non-hydrogen) atoms. The second kappa shape index (κ2) is 11.4. The van der Waals surface area contributed by atoms with Crippen molar-refractivity contribution in [2.75, 3.05) is 26.2 Å². The van der Waals surface area contributed by atoms with Crippen molar-refractivity contribution in [3.05, 3.63) is 48.0 Å². The van der Waals surface area contributed by atoms with Crippen molar-refractivity contribution in [3.8, 4) is 0 Å². The van der Waals surface area contributed by atoms with Gasteiger partial charge in [0.15, 0.2) is 0 Å². The summed E-state index contributed by atoms with van der Waals surface area (Å²) in [5.74, 6) is 1.25. The van der Waals surface area contributed by atoms with Crippen LogP contribution >= 0.6 is 0 Å². The van der Waals surface area contributed by atoms with Crippen LogP contribution in [0, 0.1) is 11.8 Å². The summed E-state index contributed by atoms with van der Waals surface area (Å²) in [6.07, 6.45) is 10.5. The number of likely N-dealkylation sites (tertiary alicyclic amines) is 1. The Morgan fingerprint density at radius 2 is 2.13 bits per heavy atom. The molecule has 4 rings (SSSR count). The molecule has 3 aliphatic rings. The van der Waals surface area contributed by atoms with Gasteiger partial charge in [0.2, 0.25) is 5.91 Å². The van der Waals surface area contributed by atoms with Crippen LogP contribution in [-0.4, -0.2) is 60.3 Å². The van der Waals surface area contributed by atoms with Crippen LogP contribution in [0.2, 0.25) is 0 Å². The van der Waals surface area contributed by atoms with E-state index in [-0.39, 0.29) is 18.0 Å². The molecule has 170 valence electrons. The molecule has 0 saturated carbocycles. The number of hydrogen-bond donors (Lipinski definition) is 2. The first-order valence-corrected chi connectivity index (χ1v) is 11.5. The standard InChI is InChI=1S/C24H34N2O2.CH2O2/c1-2-3-4-8-11-23(27)25-16-20-21-17-26(15-13-19-9-6-5-7-10-19)18-24(21)14-12-22(20)28-24;2-1-3/h2-3,5-7,9-10,20-22H,4,8,11-18H2,1H3,(H,25,27);1H,(H,2,3)/t20-,21+,22+,24+;/m0./s1. The largest absolute Gasteiger partial charge is 0.483 e. The number of fused-ring (bicyclic) bond motifs is 1. The van der Waals surface area contributed by atoms with Crippen molar-refractivity contribution in [1.29, 1.82) is 0 Å². The quantitative estimate of drug-likeness (QED) is 0.359. The molecule has 0 radical (unpaired) electrons. The minimum atomic E-state index is -0.250. The van der Waals surface area contributed by atoms with Gasteiger partial charge in [-0.3, -0.25) is 14.5 Å². The summed E-state index contributed by atoms with van der Waals surface area (Å²) in [6, 6.07) is 10.7. The van der Waals surface area contributed by atoms with E-state index < -0.39 is 0 Å². The van der Waals surface area contributed by atoms with E-state index in [1.54, 1.807) is 0 Å². The van der Waals surface area contributed by atoms with Gasteiger partial charge in [-0.2, -0.15) is 0 Å². The normalized spacial score (nSPS) is 28.9. The Hall–Kier alpha value is -2.18. The minimum absolute atomic E-state index is 0.0582. The highest BCUT2D eigenvalue weighted by Crippen LogP contribution is 2.54. The zero-order valence-corrected chi connectivity index (χ0v) is 18.5. The number of unbranched alkanes of at least 4 members (excludes halogenated alkanes) is 1. The molecule has 0 unspecified atom stereocenters. The van der Waals surface area contributed by atoms with Gasteiger partial charge in [-0.05, 0) is 44.6 Å². The van der Waals surface area contributed by atoms with Crippen molar-refractivity contribution in [1.82, 2.24) is 10.2 Å². The summed E-state index contributed by atoms with van der Waals surface area (Å²) in [6.45, 7) is 5.84. The molecule has 1 aromatic carbocycles. The highest BCUT2D eigenvalue weighted by molar-refractivity contribution is 5.75.